The maximum atomic E-state index is 13.5. The number of benzene rings is 3. The molecule has 184 valence electrons. The number of esters is 1. The molecule has 0 atom stereocenters. The number of halogens is 1. The summed E-state index contributed by atoms with van der Waals surface area (Å²) >= 11 is 6.15. The lowest BCUT2D eigenvalue weighted by Gasteiger charge is -2.22. The first-order chi connectivity index (χ1) is 16.7. The SMILES string of the molecule is CCOC(=O)c1ccc(NC(=O)CN(Cc2ccccc2)S(=O)(=O)c2ccc(OC)c(Cl)c2)cc1. The minimum Gasteiger partial charge on any atom is -0.495 e. The zero-order chi connectivity index (χ0) is 25.4. The largest absolute Gasteiger partial charge is 0.495 e. The van der Waals surface area contributed by atoms with Gasteiger partial charge < -0.3 is 14.8 Å². The molecule has 0 bridgehead atoms. The van der Waals surface area contributed by atoms with Gasteiger partial charge in [-0.1, -0.05) is 41.9 Å². The summed E-state index contributed by atoms with van der Waals surface area (Å²) in [7, 11) is -2.66. The van der Waals surface area contributed by atoms with Gasteiger partial charge in [0.1, 0.15) is 5.75 Å². The Morgan fingerprint density at radius 3 is 2.29 bits per heavy atom. The van der Waals surface area contributed by atoms with E-state index in [9.17, 15) is 18.0 Å². The monoisotopic (exact) mass is 516 g/mol. The summed E-state index contributed by atoms with van der Waals surface area (Å²) < 4.78 is 38.0. The van der Waals surface area contributed by atoms with Gasteiger partial charge in [0.25, 0.3) is 0 Å². The standard InChI is InChI=1S/C25H25ClN2O6S/c1-3-34-25(30)19-9-11-20(12-10-19)27-24(29)17-28(16-18-7-5-4-6-8-18)35(31,32)21-13-14-23(33-2)22(26)15-21/h4-15H,3,16-17H2,1-2H3,(H,27,29). The number of carbonyl (C=O) groups is 2. The van der Waals surface area contributed by atoms with E-state index in [1.165, 1.54) is 37.4 Å². The minimum atomic E-state index is -4.09. The highest BCUT2D eigenvalue weighted by atomic mass is 35.5. The molecule has 1 amide bonds. The first-order valence-electron chi connectivity index (χ1n) is 10.7. The van der Waals surface area contributed by atoms with Gasteiger partial charge in [0.05, 0.1) is 35.7 Å². The Bertz CT molecular complexity index is 1280. The molecule has 10 heteroatoms. The first kappa shape index (κ1) is 26.2. The summed E-state index contributed by atoms with van der Waals surface area (Å²) in [6.07, 6.45) is 0. The highest BCUT2D eigenvalue weighted by Gasteiger charge is 2.28. The molecule has 0 saturated heterocycles. The Morgan fingerprint density at radius 2 is 1.69 bits per heavy atom. The van der Waals surface area contributed by atoms with Crippen molar-refractivity contribution in [3.63, 3.8) is 0 Å². The third kappa shape index (κ3) is 6.82. The van der Waals surface area contributed by atoms with Crippen molar-refractivity contribution in [2.24, 2.45) is 0 Å². The predicted octanol–water partition coefficient (Wildman–Crippen LogP) is 4.35. The third-order valence-corrected chi connectivity index (χ3v) is 7.05. The van der Waals surface area contributed by atoms with E-state index in [-0.39, 0.29) is 23.1 Å². The van der Waals surface area contributed by atoms with E-state index in [0.29, 0.717) is 22.6 Å². The van der Waals surface area contributed by atoms with Crippen LogP contribution in [0.1, 0.15) is 22.8 Å². The quantitative estimate of drug-likeness (QED) is 0.402. The summed E-state index contributed by atoms with van der Waals surface area (Å²) in [5.74, 6) is -0.680. The fourth-order valence-electron chi connectivity index (χ4n) is 3.23. The van der Waals surface area contributed by atoms with E-state index >= 15 is 0 Å². The summed E-state index contributed by atoms with van der Waals surface area (Å²) in [6, 6.07) is 19.2. The fourth-order valence-corrected chi connectivity index (χ4v) is 4.97. The number of sulfonamides is 1. The van der Waals surface area contributed by atoms with Crippen LogP contribution >= 0.6 is 11.6 Å². The van der Waals surface area contributed by atoms with Crippen LogP contribution in [0, 0.1) is 0 Å². The topological polar surface area (TPSA) is 102 Å². The second-order valence-corrected chi connectivity index (χ2v) is 9.75. The van der Waals surface area contributed by atoms with Crippen LogP contribution < -0.4 is 10.1 Å². The molecule has 0 aliphatic carbocycles. The van der Waals surface area contributed by atoms with Crippen molar-refractivity contribution < 1.29 is 27.5 Å². The third-order valence-electron chi connectivity index (χ3n) is 4.96. The molecule has 0 heterocycles. The molecule has 0 saturated carbocycles. The van der Waals surface area contributed by atoms with Crippen molar-refractivity contribution in [2.45, 2.75) is 18.4 Å². The molecule has 35 heavy (non-hydrogen) atoms. The van der Waals surface area contributed by atoms with Crippen LogP contribution in [-0.4, -0.2) is 44.9 Å². The van der Waals surface area contributed by atoms with E-state index in [0.717, 1.165) is 4.31 Å². The van der Waals surface area contributed by atoms with E-state index in [4.69, 9.17) is 21.1 Å². The van der Waals surface area contributed by atoms with Crippen molar-refractivity contribution in [3.8, 4) is 5.75 Å². The number of rotatable bonds is 10. The van der Waals surface area contributed by atoms with Gasteiger partial charge in [-0.15, -0.1) is 0 Å². The van der Waals surface area contributed by atoms with Gasteiger partial charge in [-0.2, -0.15) is 4.31 Å². The van der Waals surface area contributed by atoms with Crippen molar-refractivity contribution in [1.82, 2.24) is 4.31 Å². The molecule has 3 aromatic rings. The molecular weight excluding hydrogens is 492 g/mol. The zero-order valence-corrected chi connectivity index (χ0v) is 20.8. The minimum absolute atomic E-state index is 0.0258. The van der Waals surface area contributed by atoms with E-state index in [1.807, 2.05) is 6.07 Å². The fraction of sp³-hybridized carbons (Fsp3) is 0.200. The van der Waals surface area contributed by atoms with Crippen LogP contribution in [0.15, 0.2) is 77.7 Å². The van der Waals surface area contributed by atoms with Gasteiger partial charge in [0, 0.05) is 12.2 Å². The highest BCUT2D eigenvalue weighted by Crippen LogP contribution is 2.29. The van der Waals surface area contributed by atoms with Crippen LogP contribution in [0.3, 0.4) is 0 Å². The number of ether oxygens (including phenoxy) is 2. The lowest BCUT2D eigenvalue weighted by atomic mass is 10.2. The van der Waals surface area contributed by atoms with Crippen LogP contribution in [0.25, 0.3) is 0 Å². The smallest absolute Gasteiger partial charge is 0.338 e. The molecule has 3 rings (SSSR count). The number of hydrogen-bond donors (Lipinski definition) is 1. The van der Waals surface area contributed by atoms with E-state index in [1.54, 1.807) is 43.3 Å². The second kappa shape index (κ2) is 11.8. The van der Waals surface area contributed by atoms with Crippen LogP contribution in [-0.2, 0) is 26.1 Å². The van der Waals surface area contributed by atoms with Gasteiger partial charge in [0.15, 0.2) is 0 Å². The van der Waals surface area contributed by atoms with Crippen molar-refractivity contribution in [2.75, 3.05) is 25.6 Å². The van der Waals surface area contributed by atoms with Gasteiger partial charge in [-0.25, -0.2) is 13.2 Å². The number of nitrogens with one attached hydrogen (secondary N) is 1. The maximum absolute atomic E-state index is 13.5. The number of amides is 1. The Hall–Kier alpha value is -3.40. The molecule has 1 N–H and O–H groups in total. The molecule has 0 spiro atoms. The Kier molecular flexibility index (Phi) is 8.86. The number of hydrogen-bond acceptors (Lipinski definition) is 6. The number of nitrogens with zero attached hydrogens (tertiary/aromatic N) is 1. The predicted molar refractivity (Wildman–Crippen MR) is 133 cm³/mol. The molecule has 0 fully saturated rings. The average Bonchev–Trinajstić information content (AvgIpc) is 2.84. The Morgan fingerprint density at radius 1 is 1.00 bits per heavy atom. The van der Waals surface area contributed by atoms with Crippen LogP contribution in [0.2, 0.25) is 5.02 Å². The number of carbonyl (C=O) groups excluding carboxylic acids is 2. The van der Waals surface area contributed by atoms with Crippen molar-refractivity contribution in [1.29, 1.82) is 0 Å². The van der Waals surface area contributed by atoms with Crippen LogP contribution in [0.5, 0.6) is 5.75 Å². The Balaban J connectivity index is 1.82. The molecule has 0 unspecified atom stereocenters. The highest BCUT2D eigenvalue weighted by molar-refractivity contribution is 7.89. The summed E-state index contributed by atoms with van der Waals surface area (Å²) in [6.45, 7) is 1.49. The molecule has 0 aliphatic heterocycles. The van der Waals surface area contributed by atoms with Crippen molar-refractivity contribution >= 4 is 39.2 Å². The molecule has 0 aliphatic rings. The van der Waals surface area contributed by atoms with Crippen molar-refractivity contribution in [3.05, 3.63) is 88.9 Å². The normalized spacial score (nSPS) is 11.2. The maximum Gasteiger partial charge on any atom is 0.338 e. The Labute approximate surface area is 209 Å². The average molecular weight is 517 g/mol. The summed E-state index contributed by atoms with van der Waals surface area (Å²) in [4.78, 5) is 24.6. The molecule has 3 aromatic carbocycles. The van der Waals surface area contributed by atoms with Gasteiger partial charge >= 0.3 is 5.97 Å². The summed E-state index contributed by atoms with van der Waals surface area (Å²) in [5.41, 5.74) is 1.46. The zero-order valence-electron chi connectivity index (χ0n) is 19.2. The molecule has 0 aromatic heterocycles. The van der Waals surface area contributed by atoms with E-state index in [2.05, 4.69) is 5.32 Å². The molecule has 8 nitrogen and oxygen atoms in total. The van der Waals surface area contributed by atoms with Gasteiger partial charge in [-0.3, -0.25) is 4.79 Å². The van der Waals surface area contributed by atoms with Gasteiger partial charge in [-0.05, 0) is 55.0 Å². The molecule has 0 radical (unpaired) electrons. The molecular formula is C25H25ClN2O6S. The lowest BCUT2D eigenvalue weighted by Crippen LogP contribution is -2.37. The first-order valence-corrected chi connectivity index (χ1v) is 12.5. The van der Waals surface area contributed by atoms with Gasteiger partial charge in [0.2, 0.25) is 15.9 Å². The second-order valence-electron chi connectivity index (χ2n) is 7.40. The van der Waals surface area contributed by atoms with Crippen LogP contribution in [0.4, 0.5) is 5.69 Å². The number of methoxy groups -OCH3 is 1. The lowest BCUT2D eigenvalue weighted by molar-refractivity contribution is -0.116. The van der Waals surface area contributed by atoms with E-state index < -0.39 is 28.4 Å². The number of anilines is 1. The summed E-state index contributed by atoms with van der Waals surface area (Å²) in [5, 5.41) is 2.80.